The second-order valence-electron chi connectivity index (χ2n) is 7.12. The molecule has 0 bridgehead atoms. The van der Waals surface area contributed by atoms with E-state index in [1.165, 1.54) is 32.1 Å². The van der Waals surface area contributed by atoms with Crippen LogP contribution in [0.3, 0.4) is 0 Å². The van der Waals surface area contributed by atoms with Gasteiger partial charge in [0.2, 0.25) is 0 Å². The van der Waals surface area contributed by atoms with E-state index in [2.05, 4.69) is 66.6 Å². The smallest absolute Gasteiger partial charge is 0.192 e. The minimum Gasteiger partial charge on any atom is -0.411 e. The molecular weight excluding hydrogens is 351 g/mol. The predicted octanol–water partition coefficient (Wildman–Crippen LogP) is 5.91. The van der Waals surface area contributed by atoms with Gasteiger partial charge in [0.05, 0.1) is 6.10 Å². The van der Waals surface area contributed by atoms with Crippen molar-refractivity contribution in [2.45, 2.75) is 77.1 Å². The molecule has 1 rings (SSSR count). The minimum atomic E-state index is -1.63. The Morgan fingerprint density at radius 2 is 1.83 bits per heavy atom. The van der Waals surface area contributed by atoms with Crippen molar-refractivity contribution in [1.29, 1.82) is 0 Å². The molecule has 1 atom stereocenters. The topological polar surface area (TPSA) is 9.23 Å². The van der Waals surface area contributed by atoms with E-state index in [0.29, 0.717) is 11.1 Å². The van der Waals surface area contributed by atoms with Gasteiger partial charge in [-0.2, -0.15) is 0 Å². The van der Waals surface area contributed by atoms with E-state index < -0.39 is 8.32 Å². The first-order valence-corrected chi connectivity index (χ1v) is 11.4. The highest BCUT2D eigenvalue weighted by Crippen LogP contribution is 2.39. The molecule has 0 radical (unpaired) electrons. The van der Waals surface area contributed by atoms with Crippen LogP contribution >= 0.6 is 22.6 Å². The average Bonchev–Trinajstić information content (AvgIpc) is 2.68. The van der Waals surface area contributed by atoms with Crippen LogP contribution in [0, 0.1) is 5.92 Å². The van der Waals surface area contributed by atoms with Crippen LogP contribution < -0.4 is 0 Å². The summed E-state index contributed by atoms with van der Waals surface area (Å²) < 4.78 is 8.68. The van der Waals surface area contributed by atoms with E-state index in [1.54, 1.807) is 0 Å². The number of hydrogen-bond donors (Lipinski definition) is 0. The fourth-order valence-corrected chi connectivity index (χ4v) is 4.13. The van der Waals surface area contributed by atoms with Gasteiger partial charge in [0.15, 0.2) is 8.32 Å². The van der Waals surface area contributed by atoms with E-state index in [1.807, 2.05) is 0 Å². The van der Waals surface area contributed by atoms with Crippen molar-refractivity contribution in [2.75, 3.05) is 0 Å². The van der Waals surface area contributed by atoms with Crippen molar-refractivity contribution < 1.29 is 4.43 Å². The zero-order chi connectivity index (χ0) is 13.8. The van der Waals surface area contributed by atoms with Gasteiger partial charge in [-0.05, 0) is 34.6 Å². The van der Waals surface area contributed by atoms with Crippen LogP contribution in [0.4, 0.5) is 0 Å². The van der Waals surface area contributed by atoms with Gasteiger partial charge in [-0.1, -0.05) is 75.1 Å². The Labute approximate surface area is 128 Å². The van der Waals surface area contributed by atoms with E-state index in [4.69, 9.17) is 4.43 Å². The molecule has 0 heterocycles. The monoisotopic (exact) mass is 380 g/mol. The summed E-state index contributed by atoms with van der Waals surface area (Å²) in [7, 11) is -1.63. The molecule has 0 spiro atoms. The standard InChI is InChI=1S/C15H29IOSi/c1-15(2,3)18(4,5)17-14(10-11-16)12-13-8-6-7-9-13/h10-11,13-14H,6-9,12H2,1-5H3/b11-10+/t14-/m1/s1. The number of hydrogen-bond acceptors (Lipinski definition) is 1. The highest BCUT2D eigenvalue weighted by molar-refractivity contribution is 14.1. The molecule has 0 aliphatic heterocycles. The number of halogens is 1. The molecule has 0 saturated heterocycles. The van der Waals surface area contributed by atoms with Crippen LogP contribution in [0.5, 0.6) is 0 Å². The second kappa shape index (κ2) is 6.89. The maximum Gasteiger partial charge on any atom is 0.192 e. The van der Waals surface area contributed by atoms with Gasteiger partial charge in [-0.3, -0.25) is 0 Å². The Balaban J connectivity index is 2.61. The lowest BCUT2D eigenvalue weighted by molar-refractivity contribution is 0.192. The molecule has 0 aromatic carbocycles. The first-order chi connectivity index (χ1) is 8.26. The molecule has 1 nitrogen and oxygen atoms in total. The van der Waals surface area contributed by atoms with E-state index in [-0.39, 0.29) is 0 Å². The molecule has 0 N–H and O–H groups in total. The molecule has 0 amide bonds. The predicted molar refractivity (Wildman–Crippen MR) is 91.8 cm³/mol. The summed E-state index contributed by atoms with van der Waals surface area (Å²) in [5, 5.41) is 0.306. The molecule has 0 aromatic heterocycles. The first-order valence-electron chi connectivity index (χ1n) is 7.21. The van der Waals surface area contributed by atoms with Crippen LogP contribution in [0.1, 0.15) is 52.9 Å². The molecule has 1 fully saturated rings. The van der Waals surface area contributed by atoms with Crippen LogP contribution in [-0.2, 0) is 4.43 Å². The molecule has 1 aliphatic rings. The Morgan fingerprint density at radius 3 is 2.28 bits per heavy atom. The SMILES string of the molecule is CC(C)(C)[Si](C)(C)O[C@H](/C=C/I)CC1CCCC1. The number of rotatable bonds is 5. The average molecular weight is 380 g/mol. The minimum absolute atomic E-state index is 0.306. The van der Waals surface area contributed by atoms with Crippen LogP contribution in [0.2, 0.25) is 18.1 Å². The van der Waals surface area contributed by atoms with Crippen molar-refractivity contribution in [2.24, 2.45) is 5.92 Å². The zero-order valence-electron chi connectivity index (χ0n) is 12.6. The Bertz CT molecular complexity index is 275. The van der Waals surface area contributed by atoms with E-state index >= 15 is 0 Å². The fraction of sp³-hybridized carbons (Fsp3) is 0.867. The van der Waals surface area contributed by atoms with Crippen LogP contribution in [0.25, 0.3) is 0 Å². The fourth-order valence-electron chi connectivity index (χ4n) is 2.38. The van der Waals surface area contributed by atoms with Crippen molar-refractivity contribution in [1.82, 2.24) is 0 Å². The van der Waals surface area contributed by atoms with Crippen molar-refractivity contribution in [3.05, 3.63) is 10.2 Å². The normalized spacial score (nSPS) is 20.8. The van der Waals surface area contributed by atoms with Crippen molar-refractivity contribution in [3.8, 4) is 0 Å². The van der Waals surface area contributed by atoms with Gasteiger partial charge in [0.1, 0.15) is 0 Å². The Kier molecular flexibility index (Phi) is 6.39. The molecule has 0 unspecified atom stereocenters. The first kappa shape index (κ1) is 16.7. The van der Waals surface area contributed by atoms with Gasteiger partial charge < -0.3 is 4.43 Å². The van der Waals surface area contributed by atoms with Gasteiger partial charge in [-0.15, -0.1) is 0 Å². The maximum absolute atomic E-state index is 6.55. The molecule has 1 saturated carbocycles. The summed E-state index contributed by atoms with van der Waals surface area (Å²) in [6, 6.07) is 0. The lowest BCUT2D eigenvalue weighted by atomic mass is 10.0. The van der Waals surface area contributed by atoms with E-state index in [0.717, 1.165) is 5.92 Å². The third kappa shape index (κ3) is 4.97. The third-order valence-corrected chi connectivity index (χ3v) is 9.50. The van der Waals surface area contributed by atoms with Gasteiger partial charge in [0.25, 0.3) is 0 Å². The largest absolute Gasteiger partial charge is 0.411 e. The summed E-state index contributed by atoms with van der Waals surface area (Å²) in [5.74, 6) is 0.896. The molecule has 18 heavy (non-hydrogen) atoms. The summed E-state index contributed by atoms with van der Waals surface area (Å²) in [4.78, 5) is 0. The molecule has 0 aromatic rings. The third-order valence-electron chi connectivity index (χ3n) is 4.58. The van der Waals surface area contributed by atoms with E-state index in [9.17, 15) is 0 Å². The summed E-state index contributed by atoms with van der Waals surface area (Å²) in [6.07, 6.45) is 9.49. The molecule has 106 valence electrons. The molecular formula is C15H29IOSi. The quantitative estimate of drug-likeness (QED) is 0.426. The lowest BCUT2D eigenvalue weighted by Crippen LogP contribution is -2.43. The van der Waals surface area contributed by atoms with Crippen LogP contribution in [0.15, 0.2) is 10.2 Å². The molecule has 1 aliphatic carbocycles. The second-order valence-corrected chi connectivity index (χ2v) is 12.6. The van der Waals surface area contributed by atoms with Gasteiger partial charge in [0, 0.05) is 0 Å². The molecule has 3 heteroatoms. The lowest BCUT2D eigenvalue weighted by Gasteiger charge is -2.39. The highest BCUT2D eigenvalue weighted by atomic mass is 127. The Morgan fingerprint density at radius 1 is 1.28 bits per heavy atom. The van der Waals surface area contributed by atoms with Crippen molar-refractivity contribution >= 4 is 30.9 Å². The summed E-state index contributed by atoms with van der Waals surface area (Å²) in [6.45, 7) is 11.7. The van der Waals surface area contributed by atoms with Crippen molar-refractivity contribution in [3.63, 3.8) is 0 Å². The summed E-state index contributed by atoms with van der Waals surface area (Å²) >= 11 is 2.32. The van der Waals surface area contributed by atoms with Gasteiger partial charge in [-0.25, -0.2) is 0 Å². The summed E-state index contributed by atoms with van der Waals surface area (Å²) in [5.41, 5.74) is 0. The highest BCUT2D eigenvalue weighted by Gasteiger charge is 2.39. The maximum atomic E-state index is 6.55. The van der Waals surface area contributed by atoms with Gasteiger partial charge >= 0.3 is 0 Å². The van der Waals surface area contributed by atoms with Crippen LogP contribution in [-0.4, -0.2) is 14.4 Å². The Hall–Kier alpha value is 0.647. The zero-order valence-corrected chi connectivity index (χ0v) is 15.8.